The van der Waals surface area contributed by atoms with Crippen LogP contribution >= 0.6 is 0 Å². The molecule has 0 radical (unpaired) electrons. The van der Waals surface area contributed by atoms with Crippen LogP contribution in [0.5, 0.6) is 0 Å². The molecular weight excluding hydrogens is 240 g/mol. The molecule has 7 heteroatoms. The largest absolute Gasteiger partial charge is 0.381 e. The summed E-state index contributed by atoms with van der Waals surface area (Å²) in [6, 6.07) is 0. The lowest BCUT2D eigenvalue weighted by Crippen LogP contribution is -2.35. The molecule has 0 aromatic carbocycles. The highest BCUT2D eigenvalue weighted by atomic mass is 32.2. The number of aromatic nitrogens is 2. The van der Waals surface area contributed by atoms with Gasteiger partial charge in [-0.1, -0.05) is 11.6 Å². The average Bonchev–Trinajstić information content (AvgIpc) is 2.59. The lowest BCUT2D eigenvalue weighted by atomic mass is 10.1. The molecule has 1 aromatic rings. The van der Waals surface area contributed by atoms with Crippen LogP contribution in [0.3, 0.4) is 0 Å². The van der Waals surface area contributed by atoms with E-state index < -0.39 is 10.0 Å². The molecule has 0 amide bonds. The zero-order valence-corrected chi connectivity index (χ0v) is 10.7. The molecule has 0 saturated carbocycles. The highest BCUT2D eigenvalue weighted by Gasteiger charge is 2.30. The van der Waals surface area contributed by atoms with Crippen LogP contribution in [-0.4, -0.2) is 35.4 Å². The van der Waals surface area contributed by atoms with Crippen LogP contribution in [-0.2, 0) is 17.1 Å². The van der Waals surface area contributed by atoms with Crippen molar-refractivity contribution in [2.24, 2.45) is 7.05 Å². The van der Waals surface area contributed by atoms with E-state index in [1.54, 1.807) is 7.05 Å². The Balaban J connectivity index is 2.38. The Morgan fingerprint density at radius 2 is 2.18 bits per heavy atom. The smallest absolute Gasteiger partial charge is 0.262 e. The van der Waals surface area contributed by atoms with Gasteiger partial charge in [0.1, 0.15) is 0 Å². The first-order valence-electron chi connectivity index (χ1n) is 5.35. The summed E-state index contributed by atoms with van der Waals surface area (Å²) in [5.74, 6) is 0.0544. The predicted molar refractivity (Wildman–Crippen MR) is 64.8 cm³/mol. The van der Waals surface area contributed by atoms with Crippen LogP contribution in [0, 0.1) is 0 Å². The lowest BCUT2D eigenvalue weighted by Gasteiger charge is -2.24. The van der Waals surface area contributed by atoms with Crippen LogP contribution < -0.4 is 5.73 Å². The fourth-order valence-electron chi connectivity index (χ4n) is 1.84. The first-order valence-corrected chi connectivity index (χ1v) is 6.79. The van der Waals surface area contributed by atoms with Crippen LogP contribution in [0.4, 0.5) is 5.82 Å². The van der Waals surface area contributed by atoms with Gasteiger partial charge in [-0.3, -0.25) is 0 Å². The molecular formula is C10H16N4O2S. The van der Waals surface area contributed by atoms with Gasteiger partial charge < -0.3 is 10.3 Å². The van der Waals surface area contributed by atoms with E-state index in [0.717, 1.165) is 6.42 Å². The second-order valence-corrected chi connectivity index (χ2v) is 6.06. The highest BCUT2D eigenvalue weighted by molar-refractivity contribution is 7.89. The summed E-state index contributed by atoms with van der Waals surface area (Å²) in [6.07, 6.45) is 4.10. The first kappa shape index (κ1) is 12.1. The third kappa shape index (κ3) is 2.07. The molecule has 0 bridgehead atoms. The summed E-state index contributed by atoms with van der Waals surface area (Å²) < 4.78 is 27.6. The Hall–Kier alpha value is -1.34. The van der Waals surface area contributed by atoms with Crippen molar-refractivity contribution in [3.8, 4) is 0 Å². The van der Waals surface area contributed by atoms with E-state index in [4.69, 9.17) is 5.73 Å². The van der Waals surface area contributed by atoms with E-state index in [1.807, 2.05) is 13.0 Å². The quantitative estimate of drug-likeness (QED) is 0.774. The number of anilines is 1. The Labute approximate surface area is 101 Å². The lowest BCUT2D eigenvalue weighted by molar-refractivity contribution is 0.427. The van der Waals surface area contributed by atoms with Crippen molar-refractivity contribution >= 4 is 15.8 Å². The number of nitrogen functional groups attached to an aromatic ring is 1. The molecule has 0 saturated heterocycles. The number of rotatable bonds is 2. The topological polar surface area (TPSA) is 81.2 Å². The number of hydrogen-bond acceptors (Lipinski definition) is 4. The summed E-state index contributed by atoms with van der Waals surface area (Å²) in [5.41, 5.74) is 6.83. The van der Waals surface area contributed by atoms with E-state index in [9.17, 15) is 8.42 Å². The van der Waals surface area contributed by atoms with Crippen LogP contribution in [0.15, 0.2) is 23.0 Å². The Kier molecular flexibility index (Phi) is 2.96. The molecule has 1 aromatic heterocycles. The number of nitrogens with two attached hydrogens (primary N) is 1. The van der Waals surface area contributed by atoms with Gasteiger partial charge in [0, 0.05) is 20.1 Å². The van der Waals surface area contributed by atoms with Crippen LogP contribution in [0.25, 0.3) is 0 Å². The SMILES string of the molecule is CC1=CCN(S(=O)(=O)c2c(N)ncn2C)CC1. The fraction of sp³-hybridized carbons (Fsp3) is 0.500. The minimum Gasteiger partial charge on any atom is -0.381 e. The molecule has 2 heterocycles. The van der Waals surface area contributed by atoms with Gasteiger partial charge in [-0.05, 0) is 13.3 Å². The monoisotopic (exact) mass is 256 g/mol. The third-order valence-electron chi connectivity index (χ3n) is 2.89. The molecule has 0 fully saturated rings. The van der Waals surface area contributed by atoms with Crippen molar-refractivity contribution in [3.63, 3.8) is 0 Å². The maximum atomic E-state index is 12.4. The summed E-state index contributed by atoms with van der Waals surface area (Å²) >= 11 is 0. The maximum Gasteiger partial charge on any atom is 0.262 e. The molecule has 0 aliphatic carbocycles. The van der Waals surface area contributed by atoms with E-state index >= 15 is 0 Å². The van der Waals surface area contributed by atoms with Crippen LogP contribution in [0.1, 0.15) is 13.3 Å². The Bertz CT molecular complexity index is 539. The second kappa shape index (κ2) is 4.15. The zero-order valence-electron chi connectivity index (χ0n) is 9.92. The van der Waals surface area contributed by atoms with Gasteiger partial charge in [-0.15, -0.1) is 0 Å². The summed E-state index contributed by atoms with van der Waals surface area (Å²) in [5, 5.41) is 0.0745. The van der Waals surface area contributed by atoms with Gasteiger partial charge in [0.25, 0.3) is 10.0 Å². The van der Waals surface area contributed by atoms with Crippen molar-refractivity contribution < 1.29 is 8.42 Å². The van der Waals surface area contributed by atoms with Crippen molar-refractivity contribution in [1.82, 2.24) is 13.9 Å². The number of nitrogens with zero attached hydrogens (tertiary/aromatic N) is 3. The van der Waals surface area contributed by atoms with E-state index in [0.29, 0.717) is 13.1 Å². The van der Waals surface area contributed by atoms with Gasteiger partial charge in [-0.2, -0.15) is 4.31 Å². The molecule has 0 unspecified atom stereocenters. The normalized spacial score (nSPS) is 18.1. The van der Waals surface area contributed by atoms with Crippen molar-refractivity contribution in [2.75, 3.05) is 18.8 Å². The molecule has 6 nitrogen and oxygen atoms in total. The van der Waals surface area contributed by atoms with Gasteiger partial charge >= 0.3 is 0 Å². The summed E-state index contributed by atoms with van der Waals surface area (Å²) in [4.78, 5) is 3.81. The molecule has 2 rings (SSSR count). The van der Waals surface area contributed by atoms with E-state index in [1.165, 1.54) is 20.8 Å². The molecule has 2 N–H and O–H groups in total. The molecule has 0 spiro atoms. The van der Waals surface area contributed by atoms with E-state index in [2.05, 4.69) is 4.98 Å². The third-order valence-corrected chi connectivity index (χ3v) is 4.89. The highest BCUT2D eigenvalue weighted by Crippen LogP contribution is 2.23. The van der Waals surface area contributed by atoms with Gasteiger partial charge in [0.2, 0.25) is 0 Å². The van der Waals surface area contributed by atoms with Crippen molar-refractivity contribution in [1.29, 1.82) is 0 Å². The summed E-state index contributed by atoms with van der Waals surface area (Å²) in [6.45, 7) is 2.90. The van der Waals surface area contributed by atoms with Crippen molar-refractivity contribution in [3.05, 3.63) is 18.0 Å². The standard InChI is InChI=1S/C10H16N4O2S/c1-8-3-5-14(6-4-8)17(15,16)10-9(11)12-7-13(10)2/h3,7H,4-6,11H2,1-2H3. The molecule has 1 aliphatic heterocycles. The molecule has 17 heavy (non-hydrogen) atoms. The zero-order chi connectivity index (χ0) is 12.6. The second-order valence-electron chi connectivity index (χ2n) is 4.21. The average molecular weight is 256 g/mol. The first-order chi connectivity index (χ1) is 7.93. The van der Waals surface area contributed by atoms with Gasteiger partial charge in [-0.25, -0.2) is 13.4 Å². The Morgan fingerprint density at radius 3 is 2.65 bits per heavy atom. The predicted octanol–water partition coefficient (Wildman–Crippen LogP) is 0.343. The number of imidazole rings is 1. The van der Waals surface area contributed by atoms with Gasteiger partial charge in [0.15, 0.2) is 10.8 Å². The minimum atomic E-state index is -3.54. The number of aryl methyl sites for hydroxylation is 1. The number of hydrogen-bond donors (Lipinski definition) is 1. The van der Waals surface area contributed by atoms with E-state index in [-0.39, 0.29) is 10.8 Å². The molecule has 0 atom stereocenters. The molecule has 1 aliphatic rings. The summed E-state index contributed by atoms with van der Waals surface area (Å²) in [7, 11) is -1.91. The minimum absolute atomic E-state index is 0.0544. The van der Waals surface area contributed by atoms with Gasteiger partial charge in [0.05, 0.1) is 6.33 Å². The molecule has 94 valence electrons. The Morgan fingerprint density at radius 1 is 1.47 bits per heavy atom. The van der Waals surface area contributed by atoms with Crippen molar-refractivity contribution in [2.45, 2.75) is 18.4 Å². The fourth-order valence-corrected chi connectivity index (χ4v) is 3.42. The maximum absolute atomic E-state index is 12.4. The number of sulfonamides is 1. The van der Waals surface area contributed by atoms with Crippen LogP contribution in [0.2, 0.25) is 0 Å².